The average Bonchev–Trinajstić information content (AvgIpc) is 3.36. The van der Waals surface area contributed by atoms with E-state index in [4.69, 9.17) is 5.11 Å². The topological polar surface area (TPSA) is 120 Å². The maximum absolute atomic E-state index is 13.6. The molecule has 1 aliphatic rings. The second-order valence-electron chi connectivity index (χ2n) is 12.0. The summed E-state index contributed by atoms with van der Waals surface area (Å²) in [5.41, 5.74) is 5.40. The van der Waals surface area contributed by atoms with Crippen molar-refractivity contribution < 1.29 is 23.4 Å². The number of rotatable bonds is 14. The quantitative estimate of drug-likeness (QED) is 0.252. The van der Waals surface area contributed by atoms with Gasteiger partial charge < -0.3 is 15.5 Å². The summed E-state index contributed by atoms with van der Waals surface area (Å²) < 4.78 is 28.3. The molecular weight excluding hydrogens is 550 g/mol. The third-order valence-electron chi connectivity index (χ3n) is 8.05. The molecule has 1 heterocycles. The van der Waals surface area contributed by atoms with E-state index in [9.17, 15) is 18.3 Å². The lowest BCUT2D eigenvalue weighted by Crippen LogP contribution is -2.47. The third-order valence-corrected chi connectivity index (χ3v) is 9.97. The maximum Gasteiger partial charge on any atom is 0.303 e. The van der Waals surface area contributed by atoms with Crippen LogP contribution in [0.1, 0.15) is 56.0 Å². The zero-order valence-electron chi connectivity index (χ0n) is 25.0. The molecule has 0 radical (unpaired) electrons. The van der Waals surface area contributed by atoms with E-state index in [0.29, 0.717) is 35.7 Å². The van der Waals surface area contributed by atoms with E-state index in [-0.39, 0.29) is 29.9 Å². The lowest BCUT2D eigenvalue weighted by molar-refractivity contribution is -0.136. The Morgan fingerprint density at radius 1 is 1.10 bits per heavy atom. The van der Waals surface area contributed by atoms with Gasteiger partial charge in [0.25, 0.3) is 0 Å². The van der Waals surface area contributed by atoms with Gasteiger partial charge in [-0.3, -0.25) is 9.78 Å². The predicted octanol–water partition coefficient (Wildman–Crippen LogP) is 4.48. The number of hydrogen-bond acceptors (Lipinski definition) is 6. The molecule has 1 atom stereocenters. The summed E-state index contributed by atoms with van der Waals surface area (Å²) in [4.78, 5) is 15.7. The largest absolute Gasteiger partial charge is 0.481 e. The Morgan fingerprint density at radius 2 is 1.79 bits per heavy atom. The highest BCUT2D eigenvalue weighted by molar-refractivity contribution is 7.89. The van der Waals surface area contributed by atoms with E-state index in [2.05, 4.69) is 48.4 Å². The molecule has 1 aliphatic carbocycles. The van der Waals surface area contributed by atoms with Crippen molar-refractivity contribution in [2.75, 3.05) is 20.1 Å². The van der Waals surface area contributed by atoms with Gasteiger partial charge in [0.1, 0.15) is 0 Å². The van der Waals surface area contributed by atoms with Crippen LogP contribution in [-0.2, 0) is 40.5 Å². The van der Waals surface area contributed by atoms with Gasteiger partial charge in [-0.2, -0.15) is 4.31 Å². The number of aliphatic hydroxyl groups is 1. The maximum atomic E-state index is 13.6. The number of pyridine rings is 1. The highest BCUT2D eigenvalue weighted by Crippen LogP contribution is 2.32. The number of carboxylic acids is 1. The number of nitrogens with one attached hydrogen (secondary N) is 1. The Labute approximate surface area is 249 Å². The van der Waals surface area contributed by atoms with Gasteiger partial charge >= 0.3 is 5.97 Å². The number of nitrogens with zero attached hydrogens (tertiary/aromatic N) is 2. The zero-order valence-corrected chi connectivity index (χ0v) is 25.8. The fourth-order valence-corrected chi connectivity index (χ4v) is 7.37. The van der Waals surface area contributed by atoms with Gasteiger partial charge in [-0.05, 0) is 86.4 Å². The normalized spacial score (nSPS) is 14.7. The minimum absolute atomic E-state index is 0.00560. The molecule has 42 heavy (non-hydrogen) atoms. The molecule has 9 heteroatoms. The molecule has 8 nitrogen and oxygen atoms in total. The van der Waals surface area contributed by atoms with Crippen LogP contribution in [-0.4, -0.2) is 65.7 Å². The first-order valence-electron chi connectivity index (χ1n) is 14.6. The summed E-state index contributed by atoms with van der Waals surface area (Å²) in [6.45, 7) is 6.43. The van der Waals surface area contributed by atoms with E-state index in [0.717, 1.165) is 24.8 Å². The minimum Gasteiger partial charge on any atom is -0.481 e. The molecule has 0 aliphatic heterocycles. The van der Waals surface area contributed by atoms with Crippen molar-refractivity contribution in [3.05, 3.63) is 83.0 Å². The molecule has 2 aromatic carbocycles. The van der Waals surface area contributed by atoms with Crippen molar-refractivity contribution in [1.82, 2.24) is 14.6 Å². The van der Waals surface area contributed by atoms with Crippen molar-refractivity contribution >= 4 is 16.0 Å². The molecule has 226 valence electrons. The molecule has 0 saturated carbocycles. The molecule has 0 amide bonds. The number of carbonyl (C=O) groups is 1. The van der Waals surface area contributed by atoms with Crippen LogP contribution in [0.3, 0.4) is 0 Å². The molecule has 0 bridgehead atoms. The van der Waals surface area contributed by atoms with Crippen molar-refractivity contribution in [2.45, 2.75) is 75.8 Å². The number of fused-ring (bicyclic) bond motifs is 1. The first kappa shape index (κ1) is 31.8. The monoisotopic (exact) mass is 593 g/mol. The average molecular weight is 594 g/mol. The highest BCUT2D eigenvalue weighted by atomic mass is 32.2. The lowest BCUT2D eigenvalue weighted by atomic mass is 9.88. The van der Waals surface area contributed by atoms with Crippen LogP contribution < -0.4 is 5.32 Å². The zero-order chi connectivity index (χ0) is 30.5. The summed E-state index contributed by atoms with van der Waals surface area (Å²) >= 11 is 0. The standard InChI is InChI=1S/C33H43N3O5S/c1-5-24-19-27(30-12-8-11-28(35-30)14-16-32(38)39)13-15-31(24)42(40,41)36(4)22-29(37)21-34-33(2,3)20-23-17-25-9-6-7-10-26(25)18-23/h6-13,15,19,23,29,34,37H,5,14,16-18,20-22H2,1-4H3,(H,38,39). The lowest BCUT2D eigenvalue weighted by Gasteiger charge is -2.31. The van der Waals surface area contributed by atoms with Gasteiger partial charge in [0.2, 0.25) is 10.0 Å². The van der Waals surface area contributed by atoms with Crippen LogP contribution in [0.25, 0.3) is 11.3 Å². The van der Waals surface area contributed by atoms with Gasteiger partial charge in [-0.25, -0.2) is 8.42 Å². The Bertz CT molecular complexity index is 1480. The van der Waals surface area contributed by atoms with Gasteiger partial charge in [0.15, 0.2) is 0 Å². The summed E-state index contributed by atoms with van der Waals surface area (Å²) in [5, 5.41) is 23.2. The first-order chi connectivity index (χ1) is 19.9. The number of likely N-dealkylation sites (N-methyl/N-ethyl adjacent to an activating group) is 1. The van der Waals surface area contributed by atoms with E-state index in [1.54, 1.807) is 18.2 Å². The van der Waals surface area contributed by atoms with E-state index >= 15 is 0 Å². The molecule has 1 aromatic heterocycles. The minimum atomic E-state index is -3.85. The van der Waals surface area contributed by atoms with Gasteiger partial charge in [-0.15, -0.1) is 0 Å². The van der Waals surface area contributed by atoms with Gasteiger partial charge in [-0.1, -0.05) is 43.3 Å². The van der Waals surface area contributed by atoms with Crippen molar-refractivity contribution in [3.8, 4) is 11.3 Å². The first-order valence-corrected chi connectivity index (χ1v) is 16.1. The highest BCUT2D eigenvalue weighted by Gasteiger charge is 2.30. The van der Waals surface area contributed by atoms with Crippen LogP contribution >= 0.6 is 0 Å². The van der Waals surface area contributed by atoms with Crippen molar-refractivity contribution in [3.63, 3.8) is 0 Å². The molecule has 0 saturated heterocycles. The second kappa shape index (κ2) is 13.5. The summed E-state index contributed by atoms with van der Waals surface area (Å²) in [5.74, 6) is -0.336. The van der Waals surface area contributed by atoms with Gasteiger partial charge in [0.05, 0.1) is 23.1 Å². The van der Waals surface area contributed by atoms with Crippen LogP contribution in [0.15, 0.2) is 65.6 Å². The number of hydrogen-bond donors (Lipinski definition) is 3. The van der Waals surface area contributed by atoms with Crippen LogP contribution in [0.4, 0.5) is 0 Å². The van der Waals surface area contributed by atoms with E-state index in [1.807, 2.05) is 25.1 Å². The number of aryl methyl sites for hydroxylation is 2. The van der Waals surface area contributed by atoms with E-state index in [1.165, 1.54) is 22.5 Å². The number of β-amino-alcohol motifs (C(OH)–C–C–N with tert-alkyl or cyclic N) is 1. The molecule has 3 aromatic rings. The predicted molar refractivity (Wildman–Crippen MR) is 165 cm³/mol. The molecule has 4 rings (SSSR count). The fourth-order valence-electron chi connectivity index (χ4n) is 5.89. The molecular formula is C33H43N3O5S. The SMILES string of the molecule is CCc1cc(-c2cccc(CCC(=O)O)n2)ccc1S(=O)(=O)N(C)CC(O)CNC(C)(C)CC1Cc2ccccc2C1. The number of sulfonamides is 1. The number of aliphatic hydroxyl groups excluding tert-OH is 1. The Hall–Kier alpha value is -3.11. The number of carboxylic acid groups (broad SMARTS) is 1. The molecule has 3 N–H and O–H groups in total. The van der Waals surface area contributed by atoms with Crippen molar-refractivity contribution in [1.29, 1.82) is 0 Å². The Balaban J connectivity index is 1.37. The molecule has 1 unspecified atom stereocenters. The van der Waals surface area contributed by atoms with Crippen LogP contribution in [0.2, 0.25) is 0 Å². The van der Waals surface area contributed by atoms with Crippen LogP contribution in [0.5, 0.6) is 0 Å². The summed E-state index contributed by atoms with van der Waals surface area (Å²) in [6, 6.07) is 19.2. The number of aliphatic carboxylic acids is 1. The van der Waals surface area contributed by atoms with Crippen molar-refractivity contribution in [2.24, 2.45) is 5.92 Å². The number of benzene rings is 2. The summed E-state index contributed by atoms with van der Waals surface area (Å²) in [7, 11) is -2.34. The third kappa shape index (κ3) is 8.04. The number of aromatic nitrogens is 1. The van der Waals surface area contributed by atoms with Gasteiger partial charge in [0, 0.05) is 43.4 Å². The van der Waals surface area contributed by atoms with Crippen LogP contribution in [0, 0.1) is 5.92 Å². The van der Waals surface area contributed by atoms with E-state index < -0.39 is 22.1 Å². The Morgan fingerprint density at radius 3 is 2.43 bits per heavy atom. The smallest absolute Gasteiger partial charge is 0.303 e. The summed E-state index contributed by atoms with van der Waals surface area (Å²) in [6.07, 6.45) is 3.04. The molecule has 0 spiro atoms. The Kier molecular flexibility index (Phi) is 10.2. The molecule has 0 fully saturated rings. The second-order valence-corrected chi connectivity index (χ2v) is 14.0. The fraction of sp³-hybridized carbons (Fsp3) is 0.455.